The number of rotatable bonds is 10. The van der Waals surface area contributed by atoms with Crippen molar-refractivity contribution in [1.29, 1.82) is 0 Å². The molecular formula is C31H33ClFN7O3. The number of carbonyl (C=O) groups excluding carboxylic acids is 1. The number of benzene rings is 1. The predicted molar refractivity (Wildman–Crippen MR) is 162 cm³/mol. The highest BCUT2D eigenvalue weighted by Gasteiger charge is 2.35. The molecule has 0 N–H and O–H groups in total. The van der Waals surface area contributed by atoms with E-state index >= 15 is 0 Å². The van der Waals surface area contributed by atoms with Crippen LogP contribution in [0.15, 0.2) is 42.7 Å². The number of piperazine rings is 1. The number of ether oxygens (including phenoxy) is 2. The summed E-state index contributed by atoms with van der Waals surface area (Å²) in [6.07, 6.45) is 9.30. The first-order valence-corrected chi connectivity index (χ1v) is 15.0. The van der Waals surface area contributed by atoms with Crippen molar-refractivity contribution in [2.75, 3.05) is 62.4 Å². The third kappa shape index (κ3) is 6.50. The number of carbonyl (C=O) groups is 1. The second kappa shape index (κ2) is 13.1. The summed E-state index contributed by atoms with van der Waals surface area (Å²) in [7, 11) is 0. The molecule has 1 saturated carbocycles. The molecule has 43 heavy (non-hydrogen) atoms. The molecular weight excluding hydrogens is 573 g/mol. The van der Waals surface area contributed by atoms with Gasteiger partial charge in [-0.25, -0.2) is 11.0 Å². The molecule has 224 valence electrons. The minimum atomic E-state index is -0.710. The zero-order chi connectivity index (χ0) is 29.8. The van der Waals surface area contributed by atoms with Crippen LogP contribution in [0.3, 0.4) is 0 Å². The first kappa shape index (κ1) is 29.1. The molecule has 1 saturated heterocycles. The summed E-state index contributed by atoms with van der Waals surface area (Å²) in [5.41, 5.74) is 2.82. The van der Waals surface area contributed by atoms with Crippen molar-refractivity contribution in [1.82, 2.24) is 19.9 Å². The standard InChI is InChI=1S/C31H33ClFN7O3/c1-34-17-22-19-39(12-13-40(22)28(41)6-3-10-33)30-24-9-11-38(27-18-35-16-21-4-2-5-25(32)29(21)27)20-26(24)36-31(37-30)43-15-14-42-23-7-8-23/h2-6,16,18,22-23H,7-15,17,19-20H2/b6-3+/t22-/m0/s1. The maximum absolute atomic E-state index is 12.7. The molecule has 2 aliphatic heterocycles. The van der Waals surface area contributed by atoms with Crippen LogP contribution in [0.2, 0.25) is 5.02 Å². The molecule has 4 heterocycles. The monoisotopic (exact) mass is 605 g/mol. The summed E-state index contributed by atoms with van der Waals surface area (Å²) >= 11 is 6.64. The molecule has 1 atom stereocenters. The lowest BCUT2D eigenvalue weighted by Gasteiger charge is -2.41. The van der Waals surface area contributed by atoms with E-state index in [9.17, 15) is 9.18 Å². The molecule has 0 radical (unpaired) electrons. The number of pyridine rings is 1. The Morgan fingerprint density at radius 1 is 1.16 bits per heavy atom. The number of halogens is 2. The number of nitrogens with zero attached hydrogens (tertiary/aromatic N) is 7. The van der Waals surface area contributed by atoms with Gasteiger partial charge in [0.15, 0.2) is 0 Å². The lowest BCUT2D eigenvalue weighted by atomic mass is 10.0. The molecule has 1 amide bonds. The summed E-state index contributed by atoms with van der Waals surface area (Å²) in [5, 5.41) is 2.59. The maximum atomic E-state index is 12.7. The molecule has 3 aliphatic rings. The minimum absolute atomic E-state index is 0.142. The lowest BCUT2D eigenvalue weighted by Crippen LogP contribution is -2.56. The van der Waals surface area contributed by atoms with E-state index in [-0.39, 0.29) is 24.5 Å². The van der Waals surface area contributed by atoms with Gasteiger partial charge in [0.25, 0.3) is 0 Å². The fraction of sp³-hybridized carbons (Fsp3) is 0.452. The number of anilines is 2. The van der Waals surface area contributed by atoms with E-state index in [0.717, 1.165) is 46.4 Å². The predicted octanol–water partition coefficient (Wildman–Crippen LogP) is 4.26. The Balaban J connectivity index is 1.29. The second-order valence-corrected chi connectivity index (χ2v) is 11.3. The van der Waals surface area contributed by atoms with Crippen LogP contribution in [-0.2, 0) is 22.5 Å². The molecule has 1 aliphatic carbocycles. The van der Waals surface area contributed by atoms with E-state index in [1.165, 1.54) is 12.2 Å². The van der Waals surface area contributed by atoms with Gasteiger partial charge in [-0.05, 0) is 31.4 Å². The average Bonchev–Trinajstić information content (AvgIpc) is 3.86. The number of amides is 1. The summed E-state index contributed by atoms with van der Waals surface area (Å²) in [4.78, 5) is 36.5. The van der Waals surface area contributed by atoms with Crippen molar-refractivity contribution in [3.8, 4) is 6.01 Å². The van der Waals surface area contributed by atoms with E-state index in [1.54, 1.807) is 4.90 Å². The van der Waals surface area contributed by atoms with Crippen LogP contribution >= 0.6 is 11.6 Å². The Labute approximate surface area is 254 Å². The summed E-state index contributed by atoms with van der Waals surface area (Å²) in [6, 6.07) is 5.73. The molecule has 2 fully saturated rings. The van der Waals surface area contributed by atoms with Crippen LogP contribution in [0.5, 0.6) is 6.01 Å². The van der Waals surface area contributed by atoms with Gasteiger partial charge in [-0.2, -0.15) is 9.97 Å². The van der Waals surface area contributed by atoms with Crippen LogP contribution in [0.25, 0.3) is 15.6 Å². The van der Waals surface area contributed by atoms with Gasteiger partial charge in [-0.15, -0.1) is 0 Å². The fourth-order valence-corrected chi connectivity index (χ4v) is 6.03. The third-order valence-electron chi connectivity index (χ3n) is 7.99. The van der Waals surface area contributed by atoms with Crippen LogP contribution < -0.4 is 14.5 Å². The van der Waals surface area contributed by atoms with Gasteiger partial charge in [0.1, 0.15) is 25.1 Å². The molecule has 3 aromatic rings. The molecule has 10 nitrogen and oxygen atoms in total. The molecule has 0 spiro atoms. The minimum Gasteiger partial charge on any atom is -0.461 e. The van der Waals surface area contributed by atoms with Gasteiger partial charge >= 0.3 is 6.01 Å². The molecule has 0 unspecified atom stereocenters. The fourth-order valence-electron chi connectivity index (χ4n) is 5.75. The Morgan fingerprint density at radius 2 is 2.05 bits per heavy atom. The SMILES string of the molecule is [C-]#[N+]C[C@H]1CN(c2nc(OCCOC3CC3)nc3c2CCN(c2cncc4cccc(Cl)c24)C3)CCN1C(=O)/C=C/CF. The van der Waals surface area contributed by atoms with E-state index in [1.807, 2.05) is 30.6 Å². The van der Waals surface area contributed by atoms with E-state index < -0.39 is 6.67 Å². The Kier molecular flexibility index (Phi) is 8.86. The number of fused-ring (bicyclic) bond motifs is 2. The van der Waals surface area contributed by atoms with Crippen LogP contribution in [-0.4, -0.2) is 90.5 Å². The quantitative estimate of drug-likeness (QED) is 0.192. The van der Waals surface area contributed by atoms with Crippen LogP contribution in [0.4, 0.5) is 15.9 Å². The second-order valence-electron chi connectivity index (χ2n) is 10.9. The molecule has 2 aromatic heterocycles. The summed E-state index contributed by atoms with van der Waals surface area (Å²) < 4.78 is 24.4. The van der Waals surface area contributed by atoms with Crippen molar-refractivity contribution in [3.63, 3.8) is 0 Å². The van der Waals surface area contributed by atoms with Gasteiger partial charge < -0.3 is 29.0 Å². The van der Waals surface area contributed by atoms with Crippen molar-refractivity contribution in [2.24, 2.45) is 0 Å². The van der Waals surface area contributed by atoms with E-state index in [4.69, 9.17) is 37.6 Å². The topological polar surface area (TPSA) is 88.3 Å². The number of hydrogen-bond donors (Lipinski definition) is 0. The van der Waals surface area contributed by atoms with E-state index in [0.29, 0.717) is 63.5 Å². The Morgan fingerprint density at radius 3 is 2.86 bits per heavy atom. The molecule has 6 rings (SSSR count). The highest BCUT2D eigenvalue weighted by atomic mass is 35.5. The van der Waals surface area contributed by atoms with Gasteiger partial charge in [-0.1, -0.05) is 23.7 Å². The molecule has 0 bridgehead atoms. The number of hydrogen-bond acceptors (Lipinski definition) is 8. The zero-order valence-corrected chi connectivity index (χ0v) is 24.5. The highest BCUT2D eigenvalue weighted by molar-refractivity contribution is 6.36. The first-order valence-electron chi connectivity index (χ1n) is 14.6. The van der Waals surface area contributed by atoms with Crippen molar-refractivity contribution >= 4 is 39.8 Å². The molecule has 12 heteroatoms. The van der Waals surface area contributed by atoms with Crippen LogP contribution in [0, 0.1) is 6.57 Å². The zero-order valence-electron chi connectivity index (χ0n) is 23.8. The van der Waals surface area contributed by atoms with Gasteiger partial charge in [0.2, 0.25) is 12.5 Å². The average molecular weight is 606 g/mol. The van der Waals surface area contributed by atoms with Gasteiger partial charge in [-0.3, -0.25) is 9.78 Å². The number of aromatic nitrogens is 3. The van der Waals surface area contributed by atoms with Crippen molar-refractivity contribution < 1.29 is 18.7 Å². The summed E-state index contributed by atoms with van der Waals surface area (Å²) in [6.45, 7) is 10.3. The number of alkyl halides is 1. The van der Waals surface area contributed by atoms with Gasteiger partial charge in [0, 0.05) is 54.8 Å². The smallest absolute Gasteiger partial charge is 0.318 e. The first-order chi connectivity index (χ1) is 21.1. The van der Waals surface area contributed by atoms with Crippen molar-refractivity contribution in [2.45, 2.75) is 38.0 Å². The number of allylic oxidation sites excluding steroid dienone is 1. The van der Waals surface area contributed by atoms with E-state index in [2.05, 4.69) is 19.6 Å². The maximum Gasteiger partial charge on any atom is 0.318 e. The Bertz CT molecular complexity index is 1560. The van der Waals surface area contributed by atoms with Crippen LogP contribution in [0.1, 0.15) is 24.1 Å². The largest absolute Gasteiger partial charge is 0.461 e. The van der Waals surface area contributed by atoms with Gasteiger partial charge in [0.05, 0.1) is 41.9 Å². The lowest BCUT2D eigenvalue weighted by molar-refractivity contribution is -0.128. The van der Waals surface area contributed by atoms with Crippen molar-refractivity contribution in [3.05, 3.63) is 70.4 Å². The third-order valence-corrected chi connectivity index (χ3v) is 8.30. The molecule has 1 aromatic carbocycles. The summed E-state index contributed by atoms with van der Waals surface area (Å²) in [5.74, 6) is 0.478. The Hall–Kier alpha value is -4.01. The highest BCUT2D eigenvalue weighted by Crippen LogP contribution is 2.36. The normalized spacial score (nSPS) is 18.6.